The fourth-order valence-electron chi connectivity index (χ4n) is 2.90. The minimum Gasteiger partial charge on any atom is -0.393 e. The summed E-state index contributed by atoms with van der Waals surface area (Å²) in [5.41, 5.74) is 1.92. The number of hydrogen-bond acceptors (Lipinski definition) is 4. The fraction of sp³-hybridized carbons (Fsp3) is 0.368. The van der Waals surface area contributed by atoms with Gasteiger partial charge in [-0.1, -0.05) is 18.2 Å². The molecule has 132 valence electrons. The Bertz CT molecular complexity index is 688. The Balaban J connectivity index is 1.50. The van der Waals surface area contributed by atoms with Crippen molar-refractivity contribution < 1.29 is 9.90 Å². The normalized spacial score (nSPS) is 20.0. The predicted octanol–water partition coefficient (Wildman–Crippen LogP) is 3.80. The van der Waals surface area contributed by atoms with Crippen molar-refractivity contribution in [1.29, 1.82) is 0 Å². The molecule has 1 saturated carbocycles. The first-order valence-corrected chi connectivity index (χ1v) is 9.56. The van der Waals surface area contributed by atoms with Crippen LogP contribution in [0.2, 0.25) is 0 Å². The molecule has 2 aromatic rings. The number of nitrogens with zero attached hydrogens (tertiary/aromatic N) is 1. The first kappa shape index (κ1) is 17.8. The summed E-state index contributed by atoms with van der Waals surface area (Å²) in [6.07, 6.45) is 4.74. The average Bonchev–Trinajstić information content (AvgIpc) is 2.63. The number of anilines is 1. The number of thioether (sulfide) groups is 1. The number of aliphatic hydroxyl groups excluding tert-OH is 1. The van der Waals surface area contributed by atoms with Crippen molar-refractivity contribution in [3.8, 4) is 0 Å². The van der Waals surface area contributed by atoms with E-state index in [1.54, 1.807) is 18.0 Å². The zero-order valence-corrected chi connectivity index (χ0v) is 14.8. The van der Waals surface area contributed by atoms with Gasteiger partial charge in [0.25, 0.3) is 0 Å². The van der Waals surface area contributed by atoms with Crippen LogP contribution in [0, 0.1) is 0 Å². The van der Waals surface area contributed by atoms with Crippen LogP contribution < -0.4 is 10.6 Å². The summed E-state index contributed by atoms with van der Waals surface area (Å²) in [5.74, 6) is 0.800. The van der Waals surface area contributed by atoms with E-state index in [1.807, 2.05) is 42.5 Å². The van der Waals surface area contributed by atoms with Crippen LogP contribution in [0.4, 0.5) is 10.5 Å². The molecule has 3 N–H and O–H groups in total. The topological polar surface area (TPSA) is 74.2 Å². The molecular formula is C19H23N3O2S. The summed E-state index contributed by atoms with van der Waals surface area (Å²) in [4.78, 5) is 16.5. The van der Waals surface area contributed by atoms with Crippen LogP contribution in [0.15, 0.2) is 53.7 Å². The SMILES string of the molecule is O=C(Nc1cccc(CSc2ccccn2)c1)NC1CCC(O)CC1. The molecule has 6 heteroatoms. The van der Waals surface area contributed by atoms with Crippen LogP contribution in [-0.4, -0.2) is 28.3 Å². The number of rotatable bonds is 5. The molecule has 2 amide bonds. The van der Waals surface area contributed by atoms with Gasteiger partial charge in [0.15, 0.2) is 0 Å². The van der Waals surface area contributed by atoms with Gasteiger partial charge < -0.3 is 15.7 Å². The summed E-state index contributed by atoms with van der Waals surface area (Å²) in [6, 6.07) is 13.7. The van der Waals surface area contributed by atoms with E-state index in [0.717, 1.165) is 47.7 Å². The largest absolute Gasteiger partial charge is 0.393 e. The van der Waals surface area contributed by atoms with Gasteiger partial charge in [-0.2, -0.15) is 0 Å². The van der Waals surface area contributed by atoms with Crippen molar-refractivity contribution in [2.24, 2.45) is 0 Å². The molecule has 1 fully saturated rings. The molecule has 25 heavy (non-hydrogen) atoms. The summed E-state index contributed by atoms with van der Waals surface area (Å²) in [6.45, 7) is 0. The lowest BCUT2D eigenvalue weighted by Crippen LogP contribution is -2.40. The van der Waals surface area contributed by atoms with Gasteiger partial charge in [0.2, 0.25) is 0 Å². The molecule has 0 unspecified atom stereocenters. The van der Waals surface area contributed by atoms with E-state index in [9.17, 15) is 9.90 Å². The van der Waals surface area contributed by atoms with Crippen LogP contribution in [0.5, 0.6) is 0 Å². The van der Waals surface area contributed by atoms with Gasteiger partial charge in [0.05, 0.1) is 11.1 Å². The smallest absolute Gasteiger partial charge is 0.319 e. The summed E-state index contributed by atoms with van der Waals surface area (Å²) >= 11 is 1.67. The molecule has 1 aliphatic carbocycles. The molecule has 0 bridgehead atoms. The Morgan fingerprint density at radius 1 is 1.16 bits per heavy atom. The van der Waals surface area contributed by atoms with Gasteiger partial charge in [0, 0.05) is 23.7 Å². The predicted molar refractivity (Wildman–Crippen MR) is 101 cm³/mol. The maximum absolute atomic E-state index is 12.2. The number of aliphatic hydroxyl groups is 1. The summed E-state index contributed by atoms with van der Waals surface area (Å²) < 4.78 is 0. The molecule has 1 aromatic carbocycles. The highest BCUT2D eigenvalue weighted by Crippen LogP contribution is 2.22. The molecule has 1 aliphatic rings. The first-order chi connectivity index (χ1) is 12.2. The van der Waals surface area contributed by atoms with Crippen molar-refractivity contribution in [2.45, 2.75) is 48.6 Å². The lowest BCUT2D eigenvalue weighted by atomic mass is 9.93. The molecule has 1 heterocycles. The van der Waals surface area contributed by atoms with Crippen LogP contribution in [0.3, 0.4) is 0 Å². The Kier molecular flexibility index (Phi) is 6.30. The first-order valence-electron chi connectivity index (χ1n) is 8.57. The van der Waals surface area contributed by atoms with Gasteiger partial charge in [-0.15, -0.1) is 11.8 Å². The van der Waals surface area contributed by atoms with E-state index in [2.05, 4.69) is 15.6 Å². The van der Waals surface area contributed by atoms with E-state index in [1.165, 1.54) is 0 Å². The number of carbonyl (C=O) groups is 1. The van der Waals surface area contributed by atoms with Crippen molar-refractivity contribution in [3.63, 3.8) is 0 Å². The molecule has 0 atom stereocenters. The average molecular weight is 357 g/mol. The number of hydrogen-bond donors (Lipinski definition) is 3. The Morgan fingerprint density at radius 2 is 2.00 bits per heavy atom. The second-order valence-corrected chi connectivity index (χ2v) is 7.26. The number of aromatic nitrogens is 1. The molecule has 0 radical (unpaired) electrons. The lowest BCUT2D eigenvalue weighted by molar-refractivity contribution is 0.118. The molecule has 3 rings (SSSR count). The van der Waals surface area contributed by atoms with Crippen molar-refractivity contribution in [2.75, 3.05) is 5.32 Å². The van der Waals surface area contributed by atoms with E-state index >= 15 is 0 Å². The van der Waals surface area contributed by atoms with Crippen LogP contribution in [-0.2, 0) is 5.75 Å². The Hall–Kier alpha value is -2.05. The van der Waals surface area contributed by atoms with Crippen molar-refractivity contribution in [1.82, 2.24) is 10.3 Å². The molecule has 0 spiro atoms. The van der Waals surface area contributed by atoms with Gasteiger partial charge in [-0.3, -0.25) is 0 Å². The van der Waals surface area contributed by atoms with E-state index < -0.39 is 0 Å². The van der Waals surface area contributed by atoms with E-state index in [0.29, 0.717) is 0 Å². The quantitative estimate of drug-likeness (QED) is 0.712. The van der Waals surface area contributed by atoms with Gasteiger partial charge >= 0.3 is 6.03 Å². The van der Waals surface area contributed by atoms with Crippen molar-refractivity contribution in [3.05, 3.63) is 54.2 Å². The van der Waals surface area contributed by atoms with Gasteiger partial charge in [-0.25, -0.2) is 9.78 Å². The number of benzene rings is 1. The van der Waals surface area contributed by atoms with Crippen LogP contribution in [0.1, 0.15) is 31.2 Å². The number of urea groups is 1. The Morgan fingerprint density at radius 3 is 2.76 bits per heavy atom. The fourth-order valence-corrected chi connectivity index (χ4v) is 3.71. The molecule has 1 aromatic heterocycles. The van der Waals surface area contributed by atoms with Crippen molar-refractivity contribution >= 4 is 23.5 Å². The monoisotopic (exact) mass is 357 g/mol. The maximum Gasteiger partial charge on any atom is 0.319 e. The molecule has 0 aliphatic heterocycles. The number of amides is 2. The van der Waals surface area contributed by atoms with Gasteiger partial charge in [0.1, 0.15) is 0 Å². The zero-order chi connectivity index (χ0) is 17.5. The highest BCUT2D eigenvalue weighted by molar-refractivity contribution is 7.98. The van der Waals surface area contributed by atoms with Crippen LogP contribution in [0.25, 0.3) is 0 Å². The maximum atomic E-state index is 12.2. The summed E-state index contributed by atoms with van der Waals surface area (Å²) in [7, 11) is 0. The van der Waals surface area contributed by atoms with Gasteiger partial charge in [-0.05, 0) is 55.5 Å². The highest BCUT2D eigenvalue weighted by atomic mass is 32.2. The standard InChI is InChI=1S/C19H23N3O2S/c23-17-9-7-15(8-10-17)21-19(24)22-16-5-3-4-14(12-16)13-25-18-6-1-2-11-20-18/h1-6,11-12,15,17,23H,7-10,13H2,(H2,21,22,24). The second-order valence-electron chi connectivity index (χ2n) is 6.26. The summed E-state index contributed by atoms with van der Waals surface area (Å²) in [5, 5.41) is 16.4. The minimum absolute atomic E-state index is 0.145. The molecular weight excluding hydrogens is 334 g/mol. The molecule has 5 nitrogen and oxygen atoms in total. The number of carbonyl (C=O) groups excluding carboxylic acids is 1. The number of pyridine rings is 1. The lowest BCUT2D eigenvalue weighted by Gasteiger charge is -2.26. The third kappa shape index (κ3) is 5.76. The van der Waals surface area contributed by atoms with Crippen LogP contribution >= 0.6 is 11.8 Å². The highest BCUT2D eigenvalue weighted by Gasteiger charge is 2.20. The zero-order valence-electron chi connectivity index (χ0n) is 14.0. The third-order valence-electron chi connectivity index (χ3n) is 4.24. The molecule has 0 saturated heterocycles. The number of nitrogens with one attached hydrogen (secondary N) is 2. The minimum atomic E-state index is -0.214. The van der Waals surface area contributed by atoms with E-state index in [4.69, 9.17) is 0 Å². The Labute approximate surface area is 152 Å². The third-order valence-corrected chi connectivity index (χ3v) is 5.26. The second kappa shape index (κ2) is 8.87. The van der Waals surface area contributed by atoms with E-state index in [-0.39, 0.29) is 18.2 Å².